The van der Waals surface area contributed by atoms with E-state index < -0.39 is 17.7 Å². The van der Waals surface area contributed by atoms with Crippen molar-refractivity contribution in [3.05, 3.63) is 59.6 Å². The quantitative estimate of drug-likeness (QED) is 0.145. The number of carbonyl (C=O) groups excluding carboxylic acids is 3. The van der Waals surface area contributed by atoms with Crippen LogP contribution >= 0.6 is 11.8 Å². The minimum atomic E-state index is -0.881. The van der Waals surface area contributed by atoms with Crippen molar-refractivity contribution in [1.82, 2.24) is 35.1 Å². The van der Waals surface area contributed by atoms with Crippen LogP contribution in [0.25, 0.3) is 11.3 Å². The van der Waals surface area contributed by atoms with Crippen molar-refractivity contribution in [2.75, 3.05) is 19.4 Å². The summed E-state index contributed by atoms with van der Waals surface area (Å²) >= 11 is 1.73. The van der Waals surface area contributed by atoms with Crippen LogP contribution in [0.2, 0.25) is 0 Å². The number of amides is 3. The fourth-order valence-corrected chi connectivity index (χ4v) is 11.5. The number of imidazole rings is 2. The maximum Gasteiger partial charge on any atom is 0.407 e. The van der Waals surface area contributed by atoms with Gasteiger partial charge >= 0.3 is 6.09 Å². The van der Waals surface area contributed by atoms with E-state index in [1.165, 1.54) is 18.4 Å². The van der Waals surface area contributed by atoms with E-state index in [4.69, 9.17) is 14.7 Å². The van der Waals surface area contributed by atoms with E-state index >= 15 is 0 Å². The Morgan fingerprint density at radius 3 is 2.16 bits per heavy atom. The number of rotatable bonds is 12. The van der Waals surface area contributed by atoms with Gasteiger partial charge < -0.3 is 34.9 Å². The molecule has 0 radical (unpaired) electrons. The average molecular weight is 802 g/mol. The Bertz CT molecular complexity index is 1890. The van der Waals surface area contributed by atoms with E-state index in [0.29, 0.717) is 13.0 Å². The second-order valence-electron chi connectivity index (χ2n) is 18.6. The van der Waals surface area contributed by atoms with Gasteiger partial charge in [0, 0.05) is 41.9 Å². The third-order valence-electron chi connectivity index (χ3n) is 13.8. The number of ether oxygens (including phenoxy) is 1. The summed E-state index contributed by atoms with van der Waals surface area (Å²) in [6.45, 7) is 14.3. The second kappa shape index (κ2) is 16.1. The fraction of sp³-hybridized carbons (Fsp3) is 0.659. The number of likely N-dealkylation sites (tertiary alicyclic amines) is 1. The van der Waals surface area contributed by atoms with Crippen LogP contribution in [0.15, 0.2) is 36.7 Å². The summed E-state index contributed by atoms with van der Waals surface area (Å²) in [6, 6.07) is 8.06. The lowest BCUT2D eigenvalue weighted by Crippen LogP contribution is -2.51. The average Bonchev–Trinajstić information content (AvgIpc) is 4.03. The number of fused-ring (bicyclic) bond motifs is 3. The standard InChI is InChI=1S/C44H63N7O5S/c1-26(2)28(5)39(52)51-33(25-57-35(51)22-42(6,7)55)38-45-23-31(47-38)29-11-13-30(14-12-29)43-15-18-44(19-16-43,20-17-43)34-24-46-37(48-34)32-10-9-21-50(32)40(53)36(27(3)4)49-41(54)56-8/h11-14,23-24,26-28,32-33,35-36,55H,9-10,15-22,25H2,1-8H3,(H,45,47)(H,46,48)(H,49,54)/t28-,32-,33-,35?,36-,43?,44?/m0/s1. The lowest BCUT2D eigenvalue weighted by molar-refractivity contribution is -0.139. The molecule has 13 heteroatoms. The Kier molecular flexibility index (Phi) is 11.7. The maximum atomic E-state index is 13.8. The number of benzene rings is 1. The molecule has 2 saturated heterocycles. The van der Waals surface area contributed by atoms with Gasteiger partial charge in [-0.25, -0.2) is 14.8 Å². The van der Waals surface area contributed by atoms with Crippen LogP contribution in [0, 0.1) is 17.8 Å². The Labute approximate surface area is 342 Å². The third kappa shape index (κ3) is 8.12. The van der Waals surface area contributed by atoms with E-state index in [1.807, 2.05) is 56.8 Å². The van der Waals surface area contributed by atoms with Gasteiger partial charge in [-0.3, -0.25) is 9.59 Å². The van der Waals surface area contributed by atoms with Gasteiger partial charge in [-0.15, -0.1) is 11.8 Å². The molecule has 2 aromatic heterocycles. The zero-order valence-electron chi connectivity index (χ0n) is 35.1. The highest BCUT2D eigenvalue weighted by molar-refractivity contribution is 8.00. The van der Waals surface area contributed by atoms with Crippen molar-refractivity contribution in [1.29, 1.82) is 0 Å². The third-order valence-corrected chi connectivity index (χ3v) is 15.1. The molecule has 8 rings (SSSR count). The highest BCUT2D eigenvalue weighted by Gasteiger charge is 2.51. The van der Waals surface area contributed by atoms with Crippen LogP contribution in [-0.4, -0.2) is 89.2 Å². The Balaban J connectivity index is 1.01. The number of hydrogen-bond acceptors (Lipinski definition) is 8. The molecule has 57 heavy (non-hydrogen) atoms. The first-order valence-electron chi connectivity index (χ1n) is 21.1. The minimum Gasteiger partial charge on any atom is -0.453 e. The van der Waals surface area contributed by atoms with E-state index in [0.717, 1.165) is 80.0 Å². The number of nitrogens with one attached hydrogen (secondary N) is 3. The first kappa shape index (κ1) is 41.3. The van der Waals surface area contributed by atoms with Crippen molar-refractivity contribution < 1.29 is 24.2 Å². The van der Waals surface area contributed by atoms with Crippen LogP contribution < -0.4 is 5.32 Å². The zero-order valence-corrected chi connectivity index (χ0v) is 35.9. The summed E-state index contributed by atoms with van der Waals surface area (Å²) in [5, 5.41) is 13.3. The number of aromatic nitrogens is 4. The molecule has 4 N–H and O–H groups in total. The van der Waals surface area contributed by atoms with Gasteiger partial charge in [-0.2, -0.15) is 0 Å². The number of aliphatic hydroxyl groups is 1. The molecule has 3 amide bonds. The number of carbonyl (C=O) groups is 3. The van der Waals surface area contributed by atoms with E-state index in [-0.39, 0.29) is 57.9 Å². The number of methoxy groups -OCH3 is 1. The molecule has 3 aliphatic carbocycles. The highest BCUT2D eigenvalue weighted by atomic mass is 32.2. The molecule has 4 heterocycles. The number of hydrogen-bond donors (Lipinski definition) is 4. The predicted molar refractivity (Wildman–Crippen MR) is 222 cm³/mol. The molecule has 310 valence electrons. The molecule has 0 spiro atoms. The molecule has 3 aromatic rings. The molecule has 1 aromatic carbocycles. The van der Waals surface area contributed by atoms with Crippen LogP contribution in [0.3, 0.4) is 0 Å². The lowest BCUT2D eigenvalue weighted by atomic mass is 9.51. The number of thioether (sulfide) groups is 1. The number of H-pyrrole nitrogens is 2. The highest BCUT2D eigenvalue weighted by Crippen LogP contribution is 2.58. The summed E-state index contributed by atoms with van der Waals surface area (Å²) in [4.78, 5) is 60.4. The van der Waals surface area contributed by atoms with Crippen molar-refractivity contribution in [3.63, 3.8) is 0 Å². The van der Waals surface area contributed by atoms with Crippen LogP contribution in [0.5, 0.6) is 0 Å². The van der Waals surface area contributed by atoms with Gasteiger partial charge in [0.2, 0.25) is 11.8 Å². The van der Waals surface area contributed by atoms with Gasteiger partial charge in [0.1, 0.15) is 17.7 Å². The van der Waals surface area contributed by atoms with Gasteiger partial charge in [0.15, 0.2) is 0 Å². The van der Waals surface area contributed by atoms with Crippen molar-refractivity contribution in [2.24, 2.45) is 17.8 Å². The van der Waals surface area contributed by atoms with Gasteiger partial charge in [0.05, 0.1) is 42.1 Å². The van der Waals surface area contributed by atoms with Crippen molar-refractivity contribution >= 4 is 29.7 Å². The fourth-order valence-electron chi connectivity index (χ4n) is 9.82. The number of alkyl carbamates (subject to hydrolysis) is 1. The smallest absolute Gasteiger partial charge is 0.407 e. The number of aromatic amines is 2. The zero-order chi connectivity index (χ0) is 40.9. The molecule has 3 saturated carbocycles. The summed E-state index contributed by atoms with van der Waals surface area (Å²) < 4.78 is 4.80. The van der Waals surface area contributed by atoms with Crippen LogP contribution in [0.4, 0.5) is 4.79 Å². The van der Waals surface area contributed by atoms with Crippen LogP contribution in [-0.2, 0) is 25.2 Å². The molecule has 2 bridgehead atoms. The van der Waals surface area contributed by atoms with Crippen LogP contribution in [0.1, 0.15) is 141 Å². The Morgan fingerprint density at radius 1 is 0.912 bits per heavy atom. The van der Waals surface area contributed by atoms with E-state index in [2.05, 4.69) is 53.4 Å². The largest absolute Gasteiger partial charge is 0.453 e. The normalized spacial score (nSPS) is 27.3. The molecule has 1 unspecified atom stereocenters. The molecule has 5 fully saturated rings. The summed E-state index contributed by atoms with van der Waals surface area (Å²) in [7, 11) is 1.31. The van der Waals surface area contributed by atoms with E-state index in [9.17, 15) is 19.5 Å². The first-order valence-corrected chi connectivity index (χ1v) is 22.1. The predicted octanol–water partition coefficient (Wildman–Crippen LogP) is 7.78. The van der Waals surface area contributed by atoms with Gasteiger partial charge in [-0.05, 0) is 93.6 Å². The molecular weight excluding hydrogens is 739 g/mol. The van der Waals surface area contributed by atoms with Gasteiger partial charge in [0.25, 0.3) is 0 Å². The van der Waals surface area contributed by atoms with Crippen molar-refractivity contribution in [3.8, 4) is 11.3 Å². The summed E-state index contributed by atoms with van der Waals surface area (Å²) in [5.41, 5.74) is 3.94. The molecular formula is C44H63N7O5S. The molecule has 2 aliphatic heterocycles. The first-order chi connectivity index (χ1) is 27.0. The topological polar surface area (TPSA) is 157 Å². The summed E-state index contributed by atoms with van der Waals surface area (Å²) in [6.07, 6.45) is 12.2. The monoisotopic (exact) mass is 801 g/mol. The van der Waals surface area contributed by atoms with E-state index in [1.54, 1.807) is 11.8 Å². The van der Waals surface area contributed by atoms with Gasteiger partial charge in [-0.1, -0.05) is 58.9 Å². The molecule has 5 atom stereocenters. The maximum absolute atomic E-state index is 13.8. The van der Waals surface area contributed by atoms with Crippen molar-refractivity contribution in [2.45, 2.75) is 146 Å². The molecule has 12 nitrogen and oxygen atoms in total. The second-order valence-corrected chi connectivity index (χ2v) is 19.9. The Hall–Kier alpha value is -3.84. The number of nitrogens with zero attached hydrogens (tertiary/aromatic N) is 4. The Morgan fingerprint density at radius 2 is 1.54 bits per heavy atom. The minimum absolute atomic E-state index is 0.0618. The SMILES string of the molecule is COC(=O)N[C@H](C(=O)N1CCC[C@H]1c1ncc(C23CCC(c4ccc(-c5cnc([C@@H]6CSC(CC(C)(C)O)N6C(=O)[C@@H](C)C(C)C)[nH]5)cc4)(CC2)CC3)[nH]1)C(C)C. The summed E-state index contributed by atoms with van der Waals surface area (Å²) in [5.74, 6) is 2.42. The lowest BCUT2D eigenvalue weighted by Gasteiger charge is -2.53. The molecule has 5 aliphatic rings.